The number of nitrogen functional groups attached to an aromatic ring is 1. The second-order valence-corrected chi connectivity index (χ2v) is 10.4. The van der Waals surface area contributed by atoms with Gasteiger partial charge in [0.05, 0.1) is 41.1 Å². The Hall–Kier alpha value is -2.74. The van der Waals surface area contributed by atoms with Crippen LogP contribution in [-0.2, 0) is 20.9 Å². The van der Waals surface area contributed by atoms with Gasteiger partial charge in [-0.05, 0) is 24.6 Å². The van der Waals surface area contributed by atoms with E-state index in [-0.39, 0.29) is 29.5 Å². The van der Waals surface area contributed by atoms with Gasteiger partial charge < -0.3 is 15.6 Å². The number of sulfonamides is 1. The van der Waals surface area contributed by atoms with Crippen molar-refractivity contribution in [1.82, 2.24) is 19.1 Å². The van der Waals surface area contributed by atoms with Crippen LogP contribution in [0.4, 0.5) is 19.0 Å². The number of hydrogen-bond donors (Lipinski definition) is 3. The molecule has 0 spiro atoms. The van der Waals surface area contributed by atoms with E-state index in [2.05, 4.69) is 14.7 Å². The SMILES string of the molecule is Cc1ccc(S(=O)(=O)NC23COC(CO)(C2)C3)cc1-c1cnc2c(N)nc(C(F)(F)F)cn12. The summed E-state index contributed by atoms with van der Waals surface area (Å²) in [4.78, 5) is 7.39. The summed E-state index contributed by atoms with van der Waals surface area (Å²) in [6.45, 7) is 1.68. The number of alkyl halides is 3. The van der Waals surface area contributed by atoms with Gasteiger partial charge >= 0.3 is 6.18 Å². The zero-order valence-corrected chi connectivity index (χ0v) is 18.2. The van der Waals surface area contributed by atoms with Crippen LogP contribution in [0.3, 0.4) is 0 Å². The van der Waals surface area contributed by atoms with Crippen LogP contribution in [-0.4, -0.2) is 52.2 Å². The van der Waals surface area contributed by atoms with E-state index in [1.165, 1.54) is 18.3 Å². The van der Waals surface area contributed by atoms with Gasteiger partial charge in [0.2, 0.25) is 10.0 Å². The minimum Gasteiger partial charge on any atom is -0.393 e. The highest BCUT2D eigenvalue weighted by atomic mass is 32.2. The topological polar surface area (TPSA) is 132 Å². The quantitative estimate of drug-likeness (QED) is 0.505. The van der Waals surface area contributed by atoms with Gasteiger partial charge in [0.1, 0.15) is 0 Å². The normalized spacial score (nSPS) is 24.9. The van der Waals surface area contributed by atoms with E-state index in [0.29, 0.717) is 24.0 Å². The highest BCUT2D eigenvalue weighted by Crippen LogP contribution is 2.51. The highest BCUT2D eigenvalue weighted by Gasteiger charge is 2.63. The van der Waals surface area contributed by atoms with Gasteiger partial charge in [-0.1, -0.05) is 6.07 Å². The Balaban J connectivity index is 1.55. The number of ether oxygens (including phenoxy) is 1. The number of aliphatic hydroxyl groups excluding tert-OH is 1. The number of aryl methyl sites for hydroxylation is 1. The summed E-state index contributed by atoms with van der Waals surface area (Å²) < 4.78 is 75.4. The predicted octanol–water partition coefficient (Wildman–Crippen LogP) is 1.88. The van der Waals surface area contributed by atoms with Crippen LogP contribution in [0.1, 0.15) is 24.1 Å². The monoisotopic (exact) mass is 483 g/mol. The first kappa shape index (κ1) is 22.1. The molecule has 176 valence electrons. The van der Waals surface area contributed by atoms with Crippen molar-refractivity contribution in [2.75, 3.05) is 18.9 Å². The third kappa shape index (κ3) is 3.46. The summed E-state index contributed by atoms with van der Waals surface area (Å²) in [5.74, 6) is -0.392. The zero-order chi connectivity index (χ0) is 23.8. The maximum Gasteiger partial charge on any atom is 0.434 e. The molecule has 4 N–H and O–H groups in total. The van der Waals surface area contributed by atoms with E-state index in [1.54, 1.807) is 13.0 Å². The fraction of sp³-hybridized carbons (Fsp3) is 0.400. The Kier molecular flexibility index (Phi) is 4.60. The van der Waals surface area contributed by atoms with Crippen molar-refractivity contribution in [2.24, 2.45) is 0 Å². The van der Waals surface area contributed by atoms with Crippen molar-refractivity contribution < 1.29 is 31.4 Å². The lowest BCUT2D eigenvalue weighted by atomic mass is 9.69. The van der Waals surface area contributed by atoms with E-state index in [0.717, 1.165) is 10.6 Å². The van der Waals surface area contributed by atoms with Crippen LogP contribution < -0.4 is 10.5 Å². The van der Waals surface area contributed by atoms with Gasteiger partial charge in [-0.3, -0.25) is 4.40 Å². The molecule has 1 saturated carbocycles. The average molecular weight is 483 g/mol. The average Bonchev–Trinajstić information content (AvgIpc) is 3.38. The molecule has 0 amide bonds. The van der Waals surface area contributed by atoms with Gasteiger partial charge in [0, 0.05) is 24.6 Å². The van der Waals surface area contributed by atoms with E-state index >= 15 is 0 Å². The molecule has 6 rings (SSSR count). The van der Waals surface area contributed by atoms with Gasteiger partial charge in [-0.2, -0.15) is 13.2 Å². The molecule has 0 atom stereocenters. The minimum atomic E-state index is -4.72. The molecule has 1 aliphatic carbocycles. The number of aliphatic hydroxyl groups is 1. The molecule has 3 aromatic rings. The molecule has 4 heterocycles. The largest absolute Gasteiger partial charge is 0.434 e. The molecule has 3 aliphatic rings. The number of imidazole rings is 1. The van der Waals surface area contributed by atoms with Crippen LogP contribution >= 0.6 is 0 Å². The summed E-state index contributed by atoms with van der Waals surface area (Å²) in [6.07, 6.45) is -1.87. The number of nitrogens with one attached hydrogen (secondary N) is 1. The third-order valence-electron chi connectivity index (χ3n) is 6.22. The van der Waals surface area contributed by atoms with Crippen LogP contribution in [0.25, 0.3) is 16.9 Å². The van der Waals surface area contributed by atoms with Crippen LogP contribution in [0, 0.1) is 6.92 Å². The number of benzene rings is 1. The van der Waals surface area contributed by atoms with Crippen molar-refractivity contribution in [1.29, 1.82) is 0 Å². The molecule has 13 heteroatoms. The fourth-order valence-electron chi connectivity index (χ4n) is 4.67. The number of rotatable bonds is 5. The number of nitrogens with two attached hydrogens (primary N) is 1. The lowest BCUT2D eigenvalue weighted by Gasteiger charge is -2.43. The second kappa shape index (κ2) is 6.88. The van der Waals surface area contributed by atoms with Crippen molar-refractivity contribution in [3.05, 3.63) is 41.9 Å². The molecular formula is C20H20F3N5O4S. The standard InChI is InChI=1S/C20H20F3N5O4S/c1-11-2-3-12(33(30,31)27-18-7-19(8-18,9-29)32-10-18)4-13(11)14-5-25-17-16(24)26-15(6-28(14)17)20(21,22)23/h2-6,27,29H,7-10H2,1H3,(H2,24,26). The maximum atomic E-state index is 13.3. The molecule has 1 aromatic carbocycles. The Morgan fingerprint density at radius 2 is 2.06 bits per heavy atom. The fourth-order valence-corrected chi connectivity index (χ4v) is 6.08. The van der Waals surface area contributed by atoms with Crippen molar-refractivity contribution in [3.63, 3.8) is 0 Å². The summed E-state index contributed by atoms with van der Waals surface area (Å²) in [7, 11) is -3.98. The van der Waals surface area contributed by atoms with E-state index < -0.39 is 38.9 Å². The molecule has 0 radical (unpaired) electrons. The molecule has 33 heavy (non-hydrogen) atoms. The Morgan fingerprint density at radius 1 is 1.33 bits per heavy atom. The molecule has 2 saturated heterocycles. The highest BCUT2D eigenvalue weighted by molar-refractivity contribution is 7.89. The van der Waals surface area contributed by atoms with Crippen molar-refractivity contribution >= 4 is 21.5 Å². The van der Waals surface area contributed by atoms with E-state index in [1.807, 2.05) is 0 Å². The van der Waals surface area contributed by atoms with Crippen molar-refractivity contribution in [2.45, 2.75) is 42.0 Å². The lowest BCUT2D eigenvalue weighted by Crippen LogP contribution is -2.60. The second-order valence-electron chi connectivity index (χ2n) is 8.69. The summed E-state index contributed by atoms with van der Waals surface area (Å²) in [5.41, 5.74) is 4.30. The number of aromatic nitrogens is 3. The summed E-state index contributed by atoms with van der Waals surface area (Å²) in [6, 6.07) is 4.38. The Bertz CT molecular complexity index is 1380. The number of fused-ring (bicyclic) bond motifs is 2. The molecule has 2 aliphatic heterocycles. The van der Waals surface area contributed by atoms with Gasteiger partial charge in [-0.25, -0.2) is 23.1 Å². The molecule has 2 aromatic heterocycles. The first-order valence-corrected chi connectivity index (χ1v) is 11.5. The van der Waals surface area contributed by atoms with E-state index in [9.17, 15) is 26.7 Å². The first-order chi connectivity index (χ1) is 15.4. The van der Waals surface area contributed by atoms with Crippen molar-refractivity contribution in [3.8, 4) is 11.3 Å². The summed E-state index contributed by atoms with van der Waals surface area (Å²) in [5, 5.41) is 9.45. The van der Waals surface area contributed by atoms with Crippen LogP contribution in [0.15, 0.2) is 35.5 Å². The van der Waals surface area contributed by atoms with Crippen LogP contribution in [0.5, 0.6) is 0 Å². The molecule has 3 fully saturated rings. The Morgan fingerprint density at radius 3 is 2.70 bits per heavy atom. The number of hydrogen-bond acceptors (Lipinski definition) is 7. The smallest absolute Gasteiger partial charge is 0.393 e. The number of nitrogens with zero attached hydrogens (tertiary/aromatic N) is 3. The maximum absolute atomic E-state index is 13.3. The third-order valence-corrected chi connectivity index (χ3v) is 7.80. The van der Waals surface area contributed by atoms with Gasteiger partial charge in [0.25, 0.3) is 0 Å². The first-order valence-electron chi connectivity index (χ1n) is 9.98. The predicted molar refractivity (Wildman–Crippen MR) is 111 cm³/mol. The summed E-state index contributed by atoms with van der Waals surface area (Å²) >= 11 is 0. The molecule has 2 bridgehead atoms. The van der Waals surface area contributed by atoms with Crippen LogP contribution in [0.2, 0.25) is 0 Å². The Labute approximate surface area is 186 Å². The van der Waals surface area contributed by atoms with E-state index in [4.69, 9.17) is 10.5 Å². The minimum absolute atomic E-state index is 0.0283. The zero-order valence-electron chi connectivity index (χ0n) is 17.3. The number of anilines is 1. The molecular weight excluding hydrogens is 463 g/mol. The lowest BCUT2D eigenvalue weighted by molar-refractivity contribution is -0.141. The molecule has 9 nitrogen and oxygen atoms in total. The molecule has 0 unspecified atom stereocenters. The van der Waals surface area contributed by atoms with Gasteiger partial charge in [0.15, 0.2) is 17.2 Å². The van der Waals surface area contributed by atoms with Gasteiger partial charge in [-0.15, -0.1) is 0 Å². The number of halogens is 3.